The van der Waals surface area contributed by atoms with Crippen LogP contribution in [-0.2, 0) is 17.2 Å². The van der Waals surface area contributed by atoms with Gasteiger partial charge >= 0.3 is 0 Å². The van der Waals surface area contributed by atoms with E-state index in [1.54, 1.807) is 6.07 Å². The molecule has 1 unspecified atom stereocenters. The highest BCUT2D eigenvalue weighted by Crippen LogP contribution is 2.23. The number of fused-ring (bicyclic) bond motifs is 1. The minimum absolute atomic E-state index is 0.266. The summed E-state index contributed by atoms with van der Waals surface area (Å²) in [5.41, 5.74) is 1.61. The molecule has 96 valence electrons. The normalized spacial score (nSPS) is 19.8. The Morgan fingerprint density at radius 3 is 3.11 bits per heavy atom. The van der Waals surface area contributed by atoms with Gasteiger partial charge in [-0.1, -0.05) is 0 Å². The number of imidazole rings is 1. The molecule has 3 nitrogen and oxygen atoms in total. The molecule has 1 fully saturated rings. The average molecular weight is 269 g/mol. The third-order valence-corrected chi connectivity index (χ3v) is 3.61. The highest BCUT2D eigenvalue weighted by molar-refractivity contribution is 6.16. The van der Waals surface area contributed by atoms with Crippen LogP contribution in [0.1, 0.15) is 12.2 Å². The minimum Gasteiger partial charge on any atom is -0.381 e. The van der Waals surface area contributed by atoms with Crippen molar-refractivity contribution in [2.45, 2.75) is 18.8 Å². The molecule has 0 saturated carbocycles. The van der Waals surface area contributed by atoms with Crippen molar-refractivity contribution in [3.8, 4) is 0 Å². The van der Waals surface area contributed by atoms with E-state index in [1.807, 2.05) is 0 Å². The number of benzene rings is 1. The Labute approximate surface area is 110 Å². The molecule has 1 aliphatic heterocycles. The van der Waals surface area contributed by atoms with E-state index in [1.165, 1.54) is 12.1 Å². The van der Waals surface area contributed by atoms with Crippen LogP contribution >= 0.6 is 11.6 Å². The van der Waals surface area contributed by atoms with Gasteiger partial charge < -0.3 is 9.30 Å². The average Bonchev–Trinajstić information content (AvgIpc) is 2.97. The fraction of sp³-hybridized carbons (Fsp3) is 0.462. The predicted octanol–water partition coefficient (Wildman–Crippen LogP) is 2.95. The first-order valence-corrected chi connectivity index (χ1v) is 6.60. The molecule has 18 heavy (non-hydrogen) atoms. The molecule has 1 saturated heterocycles. The third kappa shape index (κ3) is 2.10. The molecule has 0 bridgehead atoms. The number of alkyl halides is 1. The van der Waals surface area contributed by atoms with Crippen LogP contribution in [0.5, 0.6) is 0 Å². The Morgan fingerprint density at radius 2 is 2.39 bits per heavy atom. The molecule has 0 spiro atoms. The Balaban J connectivity index is 2.01. The van der Waals surface area contributed by atoms with Gasteiger partial charge in [0.2, 0.25) is 0 Å². The smallest absolute Gasteiger partial charge is 0.125 e. The number of aromatic nitrogens is 2. The van der Waals surface area contributed by atoms with Crippen molar-refractivity contribution in [2.24, 2.45) is 5.92 Å². The van der Waals surface area contributed by atoms with Crippen molar-refractivity contribution in [3.05, 3.63) is 29.8 Å². The van der Waals surface area contributed by atoms with Crippen LogP contribution in [0.3, 0.4) is 0 Å². The lowest BCUT2D eigenvalue weighted by Crippen LogP contribution is -2.12. The summed E-state index contributed by atoms with van der Waals surface area (Å²) in [6.45, 7) is 2.44. The molecular formula is C13H14ClFN2O. The van der Waals surface area contributed by atoms with Gasteiger partial charge in [0.05, 0.1) is 23.5 Å². The van der Waals surface area contributed by atoms with E-state index in [9.17, 15) is 4.39 Å². The lowest BCUT2D eigenvalue weighted by molar-refractivity contribution is 0.182. The van der Waals surface area contributed by atoms with Crippen LogP contribution in [0, 0.1) is 11.7 Å². The second-order valence-corrected chi connectivity index (χ2v) is 4.90. The van der Waals surface area contributed by atoms with Gasteiger partial charge in [-0.3, -0.25) is 0 Å². The van der Waals surface area contributed by atoms with Crippen LogP contribution in [0.15, 0.2) is 18.2 Å². The Kier molecular flexibility index (Phi) is 3.22. The van der Waals surface area contributed by atoms with Gasteiger partial charge in [-0.05, 0) is 18.6 Å². The van der Waals surface area contributed by atoms with Crippen molar-refractivity contribution >= 4 is 22.6 Å². The summed E-state index contributed by atoms with van der Waals surface area (Å²) in [5, 5.41) is 0. The minimum atomic E-state index is -0.266. The molecule has 1 atom stereocenters. The highest BCUT2D eigenvalue weighted by Gasteiger charge is 2.19. The molecule has 5 heteroatoms. The van der Waals surface area contributed by atoms with E-state index in [0.29, 0.717) is 17.3 Å². The van der Waals surface area contributed by atoms with E-state index >= 15 is 0 Å². The number of ether oxygens (including phenoxy) is 1. The quantitative estimate of drug-likeness (QED) is 0.801. The summed E-state index contributed by atoms with van der Waals surface area (Å²) in [7, 11) is 0. The molecule has 1 aromatic heterocycles. The largest absolute Gasteiger partial charge is 0.381 e. The molecular weight excluding hydrogens is 255 g/mol. The number of nitrogens with zero attached hydrogens (tertiary/aromatic N) is 2. The van der Waals surface area contributed by atoms with Gasteiger partial charge in [0.1, 0.15) is 11.6 Å². The zero-order valence-electron chi connectivity index (χ0n) is 9.90. The standard InChI is InChI=1S/C13H14ClFN2O/c14-6-13-16-11-5-10(15)1-2-12(11)17(13)7-9-3-4-18-8-9/h1-2,5,9H,3-4,6-8H2. The van der Waals surface area contributed by atoms with Crippen LogP contribution in [-0.4, -0.2) is 22.8 Å². The lowest BCUT2D eigenvalue weighted by atomic mass is 10.1. The summed E-state index contributed by atoms with van der Waals surface area (Å²) < 4.78 is 20.7. The summed E-state index contributed by atoms with van der Waals surface area (Å²) in [5.74, 6) is 1.36. The number of hydrogen-bond donors (Lipinski definition) is 0. The molecule has 2 heterocycles. The predicted molar refractivity (Wildman–Crippen MR) is 68.2 cm³/mol. The van der Waals surface area contributed by atoms with Crippen LogP contribution in [0.4, 0.5) is 4.39 Å². The fourth-order valence-electron chi connectivity index (χ4n) is 2.44. The van der Waals surface area contributed by atoms with Crippen LogP contribution in [0.25, 0.3) is 11.0 Å². The number of rotatable bonds is 3. The van der Waals surface area contributed by atoms with Crippen LogP contribution in [0.2, 0.25) is 0 Å². The maximum atomic E-state index is 13.2. The van der Waals surface area contributed by atoms with E-state index in [4.69, 9.17) is 16.3 Å². The number of hydrogen-bond acceptors (Lipinski definition) is 2. The van der Waals surface area contributed by atoms with Gasteiger partial charge in [0.15, 0.2) is 0 Å². The Morgan fingerprint density at radius 1 is 1.50 bits per heavy atom. The van der Waals surface area contributed by atoms with Crippen molar-refractivity contribution in [3.63, 3.8) is 0 Å². The first-order valence-electron chi connectivity index (χ1n) is 6.06. The van der Waals surface area contributed by atoms with E-state index in [-0.39, 0.29) is 5.82 Å². The Bertz CT molecular complexity index is 563. The zero-order chi connectivity index (χ0) is 12.5. The molecule has 1 aromatic carbocycles. The monoisotopic (exact) mass is 268 g/mol. The maximum Gasteiger partial charge on any atom is 0.125 e. The SMILES string of the molecule is Fc1ccc2c(c1)nc(CCl)n2CC1CCOC1. The molecule has 3 rings (SSSR count). The zero-order valence-corrected chi connectivity index (χ0v) is 10.7. The Hall–Kier alpha value is -1.13. The summed E-state index contributed by atoms with van der Waals surface area (Å²) in [6, 6.07) is 4.68. The van der Waals surface area contributed by atoms with Gasteiger partial charge in [0.25, 0.3) is 0 Å². The lowest BCUT2D eigenvalue weighted by Gasteiger charge is -2.12. The van der Waals surface area contributed by atoms with Gasteiger partial charge in [-0.25, -0.2) is 9.37 Å². The molecule has 1 aliphatic rings. The third-order valence-electron chi connectivity index (χ3n) is 3.37. The maximum absolute atomic E-state index is 13.2. The molecule has 0 radical (unpaired) electrons. The van der Waals surface area contributed by atoms with Crippen molar-refractivity contribution in [2.75, 3.05) is 13.2 Å². The van der Waals surface area contributed by atoms with Gasteiger partial charge in [0, 0.05) is 25.1 Å². The second-order valence-electron chi connectivity index (χ2n) is 4.63. The van der Waals surface area contributed by atoms with Crippen molar-refractivity contribution in [1.82, 2.24) is 9.55 Å². The summed E-state index contributed by atoms with van der Waals surface area (Å²) in [6.07, 6.45) is 1.06. The molecule has 2 aromatic rings. The fourth-order valence-corrected chi connectivity index (χ4v) is 2.65. The van der Waals surface area contributed by atoms with E-state index in [0.717, 1.165) is 37.5 Å². The highest BCUT2D eigenvalue weighted by atomic mass is 35.5. The molecule has 0 amide bonds. The van der Waals surface area contributed by atoms with Gasteiger partial charge in [-0.15, -0.1) is 11.6 Å². The topological polar surface area (TPSA) is 27.1 Å². The van der Waals surface area contributed by atoms with Crippen molar-refractivity contribution in [1.29, 1.82) is 0 Å². The molecule has 0 aliphatic carbocycles. The second kappa shape index (κ2) is 4.86. The van der Waals surface area contributed by atoms with E-state index in [2.05, 4.69) is 9.55 Å². The van der Waals surface area contributed by atoms with Crippen LogP contribution < -0.4 is 0 Å². The molecule has 0 N–H and O–H groups in total. The summed E-state index contributed by atoms with van der Waals surface area (Å²) in [4.78, 5) is 4.38. The first-order chi connectivity index (χ1) is 8.78. The summed E-state index contributed by atoms with van der Waals surface area (Å²) >= 11 is 5.92. The van der Waals surface area contributed by atoms with Crippen molar-refractivity contribution < 1.29 is 9.13 Å². The first kappa shape index (κ1) is 11.9. The number of halogens is 2. The van der Waals surface area contributed by atoms with Gasteiger partial charge in [-0.2, -0.15) is 0 Å². The van der Waals surface area contributed by atoms with E-state index < -0.39 is 0 Å².